The number of anilines is 1. The van der Waals surface area contributed by atoms with Crippen LogP contribution in [0.2, 0.25) is 0 Å². The van der Waals surface area contributed by atoms with Crippen LogP contribution in [0.15, 0.2) is 53.3 Å². The smallest absolute Gasteiger partial charge is 0.260 e. The fourth-order valence-electron chi connectivity index (χ4n) is 3.39. The molecule has 0 unspecified atom stereocenters. The summed E-state index contributed by atoms with van der Waals surface area (Å²) in [7, 11) is 0. The molecule has 0 fully saturated rings. The summed E-state index contributed by atoms with van der Waals surface area (Å²) in [6.45, 7) is 2.17. The first-order chi connectivity index (χ1) is 13.5. The molecule has 0 aliphatic carbocycles. The Morgan fingerprint density at radius 3 is 2.82 bits per heavy atom. The zero-order valence-corrected chi connectivity index (χ0v) is 15.2. The molecule has 0 saturated carbocycles. The van der Waals surface area contributed by atoms with Crippen LogP contribution in [0.1, 0.15) is 45.7 Å². The van der Waals surface area contributed by atoms with E-state index in [4.69, 9.17) is 4.42 Å². The minimum Gasteiger partial charge on any atom is -0.467 e. The SMILES string of the molecule is Cc1ccc([C@H]2C[C@H](C(F)F)n3ncc(C(=O)NCc4ccco4)c3N2)cc1. The Bertz CT molecular complexity index is 951. The van der Waals surface area contributed by atoms with Crippen LogP contribution in [0.5, 0.6) is 0 Å². The van der Waals surface area contributed by atoms with Gasteiger partial charge in [-0.2, -0.15) is 5.10 Å². The molecule has 1 aliphatic rings. The predicted octanol–water partition coefficient (Wildman–Crippen LogP) is 4.08. The van der Waals surface area contributed by atoms with E-state index in [-0.39, 0.29) is 24.6 Å². The highest BCUT2D eigenvalue weighted by atomic mass is 19.3. The number of rotatable bonds is 5. The van der Waals surface area contributed by atoms with Gasteiger partial charge in [-0.25, -0.2) is 13.5 Å². The molecule has 8 heteroatoms. The molecule has 3 heterocycles. The quantitative estimate of drug-likeness (QED) is 0.693. The van der Waals surface area contributed by atoms with Crippen molar-refractivity contribution in [3.05, 3.63) is 71.3 Å². The van der Waals surface area contributed by atoms with Crippen molar-refractivity contribution in [3.63, 3.8) is 0 Å². The second kappa shape index (κ2) is 7.46. The van der Waals surface area contributed by atoms with Gasteiger partial charge in [-0.15, -0.1) is 0 Å². The zero-order valence-electron chi connectivity index (χ0n) is 15.2. The van der Waals surface area contributed by atoms with E-state index in [2.05, 4.69) is 15.7 Å². The van der Waals surface area contributed by atoms with E-state index < -0.39 is 18.4 Å². The molecule has 1 amide bonds. The van der Waals surface area contributed by atoms with Crippen LogP contribution in [-0.2, 0) is 6.54 Å². The number of carbonyl (C=O) groups is 1. The molecule has 0 radical (unpaired) electrons. The number of aryl methyl sites for hydroxylation is 1. The molecule has 0 saturated heterocycles. The van der Waals surface area contributed by atoms with Crippen molar-refractivity contribution in [1.29, 1.82) is 0 Å². The summed E-state index contributed by atoms with van der Waals surface area (Å²) in [5, 5.41) is 10.0. The third kappa shape index (κ3) is 3.49. The van der Waals surface area contributed by atoms with Crippen molar-refractivity contribution >= 4 is 11.7 Å². The summed E-state index contributed by atoms with van der Waals surface area (Å²) >= 11 is 0. The summed E-state index contributed by atoms with van der Waals surface area (Å²) in [6, 6.07) is 9.75. The minimum absolute atomic E-state index is 0.183. The maximum atomic E-state index is 13.7. The molecule has 146 valence electrons. The fraction of sp³-hybridized carbons (Fsp3) is 0.300. The average molecular weight is 386 g/mol. The minimum atomic E-state index is -2.59. The maximum Gasteiger partial charge on any atom is 0.260 e. The number of aromatic nitrogens is 2. The van der Waals surface area contributed by atoms with Crippen molar-refractivity contribution in [2.24, 2.45) is 0 Å². The number of nitrogens with zero attached hydrogens (tertiary/aromatic N) is 2. The first-order valence-electron chi connectivity index (χ1n) is 9.02. The summed E-state index contributed by atoms with van der Waals surface area (Å²) in [4.78, 5) is 12.6. The number of hydrogen-bond acceptors (Lipinski definition) is 4. The lowest BCUT2D eigenvalue weighted by Gasteiger charge is -2.32. The number of carbonyl (C=O) groups excluding carboxylic acids is 1. The lowest BCUT2D eigenvalue weighted by atomic mass is 9.96. The van der Waals surface area contributed by atoms with Gasteiger partial charge < -0.3 is 15.1 Å². The number of furan rings is 1. The van der Waals surface area contributed by atoms with Crippen LogP contribution in [0.4, 0.5) is 14.6 Å². The molecule has 3 aromatic rings. The highest BCUT2D eigenvalue weighted by Gasteiger charge is 2.36. The van der Waals surface area contributed by atoms with Gasteiger partial charge in [-0.1, -0.05) is 29.8 Å². The molecular formula is C20H20F2N4O2. The van der Waals surface area contributed by atoms with Crippen molar-refractivity contribution in [1.82, 2.24) is 15.1 Å². The van der Waals surface area contributed by atoms with Crippen LogP contribution >= 0.6 is 0 Å². The van der Waals surface area contributed by atoms with E-state index in [1.54, 1.807) is 12.1 Å². The van der Waals surface area contributed by atoms with E-state index >= 15 is 0 Å². The summed E-state index contributed by atoms with van der Waals surface area (Å²) in [5.41, 5.74) is 2.22. The number of halogens is 2. The Labute approximate surface area is 160 Å². The number of alkyl halides is 2. The first kappa shape index (κ1) is 18.2. The molecule has 0 spiro atoms. The zero-order chi connectivity index (χ0) is 19.7. The normalized spacial score (nSPS) is 18.6. The van der Waals surface area contributed by atoms with Crippen LogP contribution in [0, 0.1) is 6.92 Å². The molecule has 2 N–H and O–H groups in total. The highest BCUT2D eigenvalue weighted by molar-refractivity contribution is 5.98. The Kier molecular flexibility index (Phi) is 4.85. The van der Waals surface area contributed by atoms with Gasteiger partial charge in [0.2, 0.25) is 0 Å². The molecule has 1 aliphatic heterocycles. The number of amides is 1. The molecule has 6 nitrogen and oxygen atoms in total. The van der Waals surface area contributed by atoms with Gasteiger partial charge >= 0.3 is 0 Å². The predicted molar refractivity (Wildman–Crippen MR) is 99.3 cm³/mol. The molecular weight excluding hydrogens is 366 g/mol. The Morgan fingerprint density at radius 1 is 1.36 bits per heavy atom. The van der Waals surface area contributed by atoms with E-state index in [1.807, 2.05) is 31.2 Å². The van der Waals surface area contributed by atoms with E-state index in [1.165, 1.54) is 17.1 Å². The molecule has 0 bridgehead atoms. The fourth-order valence-corrected chi connectivity index (χ4v) is 3.39. The Morgan fingerprint density at radius 2 is 2.14 bits per heavy atom. The van der Waals surface area contributed by atoms with Crippen molar-refractivity contribution < 1.29 is 18.0 Å². The van der Waals surface area contributed by atoms with Crippen LogP contribution in [-0.4, -0.2) is 22.1 Å². The van der Waals surface area contributed by atoms with E-state index in [0.29, 0.717) is 11.6 Å². The first-order valence-corrected chi connectivity index (χ1v) is 9.02. The van der Waals surface area contributed by atoms with Crippen molar-refractivity contribution in [2.75, 3.05) is 5.32 Å². The third-order valence-corrected chi connectivity index (χ3v) is 4.92. The summed E-state index contributed by atoms with van der Waals surface area (Å²) in [5.74, 6) is 0.507. The molecule has 2 aromatic heterocycles. The van der Waals surface area contributed by atoms with Gasteiger partial charge in [-0.3, -0.25) is 4.79 Å². The highest BCUT2D eigenvalue weighted by Crippen LogP contribution is 2.39. The lowest BCUT2D eigenvalue weighted by molar-refractivity contribution is 0.0656. The largest absolute Gasteiger partial charge is 0.467 e. The van der Waals surface area contributed by atoms with Crippen LogP contribution in [0.3, 0.4) is 0 Å². The summed E-state index contributed by atoms with van der Waals surface area (Å²) in [6.07, 6.45) is 0.438. The molecule has 28 heavy (non-hydrogen) atoms. The van der Waals surface area contributed by atoms with Crippen LogP contribution < -0.4 is 10.6 Å². The van der Waals surface area contributed by atoms with E-state index in [0.717, 1.165) is 11.1 Å². The summed E-state index contributed by atoms with van der Waals surface area (Å²) < 4.78 is 33.8. The standard InChI is InChI=1S/C20H20F2N4O2/c1-12-4-6-13(7-5-12)16-9-17(18(21)22)26-19(25-16)15(11-24-26)20(27)23-10-14-3-2-8-28-14/h2-8,11,16-18,25H,9-10H2,1H3,(H,23,27)/t16-,17-/m1/s1. The Hall–Kier alpha value is -3.16. The maximum absolute atomic E-state index is 13.7. The third-order valence-electron chi connectivity index (χ3n) is 4.92. The van der Waals surface area contributed by atoms with Gasteiger partial charge in [0.15, 0.2) is 0 Å². The Balaban J connectivity index is 1.60. The lowest BCUT2D eigenvalue weighted by Crippen LogP contribution is -2.32. The molecule has 1 aromatic carbocycles. The van der Waals surface area contributed by atoms with Gasteiger partial charge in [-0.05, 0) is 31.0 Å². The van der Waals surface area contributed by atoms with Crippen molar-refractivity contribution in [2.45, 2.75) is 38.4 Å². The van der Waals surface area contributed by atoms with Gasteiger partial charge in [0.25, 0.3) is 12.3 Å². The van der Waals surface area contributed by atoms with Crippen molar-refractivity contribution in [3.8, 4) is 0 Å². The number of fused-ring (bicyclic) bond motifs is 1. The topological polar surface area (TPSA) is 72.1 Å². The monoisotopic (exact) mass is 386 g/mol. The van der Waals surface area contributed by atoms with Gasteiger partial charge in [0, 0.05) is 0 Å². The number of benzene rings is 1. The second-order valence-electron chi connectivity index (χ2n) is 6.86. The average Bonchev–Trinajstić information content (AvgIpc) is 3.35. The second-order valence-corrected chi connectivity index (χ2v) is 6.86. The van der Waals surface area contributed by atoms with Crippen LogP contribution in [0.25, 0.3) is 0 Å². The molecule has 4 rings (SSSR count). The van der Waals surface area contributed by atoms with Gasteiger partial charge in [0.05, 0.1) is 25.0 Å². The number of hydrogen-bond donors (Lipinski definition) is 2. The van der Waals surface area contributed by atoms with E-state index in [9.17, 15) is 13.6 Å². The molecule has 2 atom stereocenters. The number of nitrogens with one attached hydrogen (secondary N) is 2. The van der Waals surface area contributed by atoms with Gasteiger partial charge in [0.1, 0.15) is 23.2 Å².